The number of benzene rings is 1. The van der Waals surface area contributed by atoms with E-state index in [2.05, 4.69) is 15.9 Å². The molecular formula is C14H17BrFNO2. The Hall–Kier alpha value is -0.940. The van der Waals surface area contributed by atoms with Crippen LogP contribution in [0.2, 0.25) is 0 Å². The van der Waals surface area contributed by atoms with Gasteiger partial charge in [0.25, 0.3) is 5.91 Å². The van der Waals surface area contributed by atoms with Crippen molar-refractivity contribution in [3.8, 4) is 0 Å². The monoisotopic (exact) mass is 329 g/mol. The highest BCUT2D eigenvalue weighted by molar-refractivity contribution is 9.10. The highest BCUT2D eigenvalue weighted by Gasteiger charge is 2.35. The van der Waals surface area contributed by atoms with E-state index < -0.39 is 11.4 Å². The van der Waals surface area contributed by atoms with Crippen LogP contribution in [0.1, 0.15) is 31.1 Å². The predicted molar refractivity (Wildman–Crippen MR) is 74.6 cm³/mol. The SMILES string of the molecule is CC1CN(C(=O)c2c(F)cccc2Br)CC(C)(C)O1. The molecule has 1 aromatic rings. The lowest BCUT2D eigenvalue weighted by atomic mass is 10.0. The smallest absolute Gasteiger partial charge is 0.258 e. The topological polar surface area (TPSA) is 29.5 Å². The zero-order valence-corrected chi connectivity index (χ0v) is 12.8. The third kappa shape index (κ3) is 3.15. The fourth-order valence-electron chi connectivity index (χ4n) is 2.47. The highest BCUT2D eigenvalue weighted by atomic mass is 79.9. The summed E-state index contributed by atoms with van der Waals surface area (Å²) in [5.74, 6) is -0.801. The van der Waals surface area contributed by atoms with Crippen LogP contribution in [-0.4, -0.2) is 35.6 Å². The van der Waals surface area contributed by atoms with E-state index in [1.165, 1.54) is 6.07 Å². The van der Waals surface area contributed by atoms with Gasteiger partial charge < -0.3 is 9.64 Å². The predicted octanol–water partition coefficient (Wildman–Crippen LogP) is 3.23. The van der Waals surface area contributed by atoms with Crippen molar-refractivity contribution in [2.45, 2.75) is 32.5 Å². The quantitative estimate of drug-likeness (QED) is 0.791. The first-order valence-electron chi connectivity index (χ1n) is 6.21. The maximum absolute atomic E-state index is 13.8. The molecule has 1 aliphatic heterocycles. The molecule has 19 heavy (non-hydrogen) atoms. The fraction of sp³-hybridized carbons (Fsp3) is 0.500. The summed E-state index contributed by atoms with van der Waals surface area (Å²) >= 11 is 3.24. The van der Waals surface area contributed by atoms with Crippen LogP contribution in [0, 0.1) is 5.82 Å². The van der Waals surface area contributed by atoms with Gasteiger partial charge in [-0.1, -0.05) is 6.07 Å². The van der Waals surface area contributed by atoms with Gasteiger partial charge in [0.05, 0.1) is 17.3 Å². The minimum atomic E-state index is -0.503. The molecule has 1 saturated heterocycles. The Morgan fingerprint density at radius 1 is 1.53 bits per heavy atom. The molecule has 1 unspecified atom stereocenters. The van der Waals surface area contributed by atoms with Gasteiger partial charge in [-0.15, -0.1) is 0 Å². The molecular weight excluding hydrogens is 313 g/mol. The van der Waals surface area contributed by atoms with Gasteiger partial charge in [0, 0.05) is 17.6 Å². The lowest BCUT2D eigenvalue weighted by Gasteiger charge is -2.41. The van der Waals surface area contributed by atoms with Gasteiger partial charge in [0.15, 0.2) is 0 Å². The molecule has 0 N–H and O–H groups in total. The average Bonchev–Trinajstić information content (AvgIpc) is 2.25. The third-order valence-corrected chi connectivity index (χ3v) is 3.69. The summed E-state index contributed by atoms with van der Waals surface area (Å²) in [5.41, 5.74) is -0.321. The van der Waals surface area contributed by atoms with Crippen LogP contribution in [0.5, 0.6) is 0 Å². The van der Waals surface area contributed by atoms with E-state index in [0.29, 0.717) is 17.6 Å². The number of hydrogen-bond acceptors (Lipinski definition) is 2. The second-order valence-corrected chi connectivity index (χ2v) is 6.32. The zero-order valence-electron chi connectivity index (χ0n) is 11.2. The molecule has 1 aliphatic rings. The van der Waals surface area contributed by atoms with Crippen molar-refractivity contribution in [2.75, 3.05) is 13.1 Å². The number of amides is 1. The van der Waals surface area contributed by atoms with Gasteiger partial charge in [-0.05, 0) is 48.8 Å². The number of morpholine rings is 1. The van der Waals surface area contributed by atoms with Gasteiger partial charge in [0.1, 0.15) is 5.82 Å². The number of carbonyl (C=O) groups excluding carboxylic acids is 1. The Kier molecular flexibility index (Phi) is 3.97. The number of hydrogen-bond donors (Lipinski definition) is 0. The molecule has 0 saturated carbocycles. The molecule has 1 aromatic carbocycles. The van der Waals surface area contributed by atoms with E-state index in [1.54, 1.807) is 17.0 Å². The normalized spacial score (nSPS) is 22.4. The molecule has 104 valence electrons. The number of halogens is 2. The maximum atomic E-state index is 13.8. The number of nitrogens with zero attached hydrogens (tertiary/aromatic N) is 1. The fourth-order valence-corrected chi connectivity index (χ4v) is 2.98. The Morgan fingerprint density at radius 2 is 2.21 bits per heavy atom. The molecule has 0 radical (unpaired) electrons. The van der Waals surface area contributed by atoms with Gasteiger partial charge in [0.2, 0.25) is 0 Å². The Morgan fingerprint density at radius 3 is 2.79 bits per heavy atom. The molecule has 0 aliphatic carbocycles. The first-order valence-corrected chi connectivity index (χ1v) is 7.00. The number of ether oxygens (including phenoxy) is 1. The van der Waals surface area contributed by atoms with Crippen LogP contribution < -0.4 is 0 Å². The molecule has 0 bridgehead atoms. The minimum absolute atomic E-state index is 0.0572. The van der Waals surface area contributed by atoms with Crippen molar-refractivity contribution in [1.29, 1.82) is 0 Å². The summed E-state index contributed by atoms with van der Waals surface area (Å²) < 4.78 is 20.1. The summed E-state index contributed by atoms with van der Waals surface area (Å²) in [6.07, 6.45) is -0.0572. The zero-order chi connectivity index (χ0) is 14.2. The van der Waals surface area contributed by atoms with E-state index in [0.717, 1.165) is 0 Å². The van der Waals surface area contributed by atoms with Crippen LogP contribution in [0.15, 0.2) is 22.7 Å². The lowest BCUT2D eigenvalue weighted by Crippen LogP contribution is -2.54. The second kappa shape index (κ2) is 5.21. The van der Waals surface area contributed by atoms with E-state index in [-0.39, 0.29) is 17.6 Å². The maximum Gasteiger partial charge on any atom is 0.258 e. The van der Waals surface area contributed by atoms with Gasteiger partial charge in [-0.2, -0.15) is 0 Å². The summed E-state index contributed by atoms with van der Waals surface area (Å²) in [4.78, 5) is 14.1. The Labute approximate surface area is 120 Å². The minimum Gasteiger partial charge on any atom is -0.369 e. The second-order valence-electron chi connectivity index (χ2n) is 5.47. The molecule has 0 aromatic heterocycles. The summed E-state index contributed by atoms with van der Waals surface area (Å²) in [7, 11) is 0. The van der Waals surface area contributed by atoms with E-state index in [1.807, 2.05) is 20.8 Å². The van der Waals surface area contributed by atoms with Gasteiger partial charge in [-0.3, -0.25) is 4.79 Å². The van der Waals surface area contributed by atoms with Crippen LogP contribution in [0.3, 0.4) is 0 Å². The van der Waals surface area contributed by atoms with Crippen LogP contribution in [0.4, 0.5) is 4.39 Å². The molecule has 2 rings (SSSR count). The number of carbonyl (C=O) groups is 1. The van der Waals surface area contributed by atoms with Crippen molar-refractivity contribution in [3.63, 3.8) is 0 Å². The molecule has 0 spiro atoms. The average molecular weight is 330 g/mol. The van der Waals surface area contributed by atoms with Crippen molar-refractivity contribution in [2.24, 2.45) is 0 Å². The molecule has 1 fully saturated rings. The van der Waals surface area contributed by atoms with Gasteiger partial charge in [-0.25, -0.2) is 4.39 Å². The highest BCUT2D eigenvalue weighted by Crippen LogP contribution is 2.26. The third-order valence-electron chi connectivity index (χ3n) is 3.03. The largest absolute Gasteiger partial charge is 0.369 e. The number of rotatable bonds is 1. The Bertz CT molecular complexity index is 484. The van der Waals surface area contributed by atoms with E-state index >= 15 is 0 Å². The van der Waals surface area contributed by atoms with E-state index in [4.69, 9.17) is 4.74 Å². The molecule has 1 atom stereocenters. The lowest BCUT2D eigenvalue weighted by molar-refractivity contribution is -0.118. The summed E-state index contributed by atoms with van der Waals surface area (Å²) in [5, 5.41) is 0. The summed E-state index contributed by atoms with van der Waals surface area (Å²) in [6.45, 7) is 6.70. The first kappa shape index (κ1) is 14.5. The molecule has 5 heteroatoms. The molecule has 1 amide bonds. The van der Waals surface area contributed by atoms with Crippen molar-refractivity contribution < 1.29 is 13.9 Å². The van der Waals surface area contributed by atoms with Crippen LogP contribution >= 0.6 is 15.9 Å². The standard InChI is InChI=1S/C14H17BrFNO2/c1-9-7-17(8-14(2,3)19-9)13(18)12-10(15)5-4-6-11(12)16/h4-6,9H,7-8H2,1-3H3. The van der Waals surface area contributed by atoms with E-state index in [9.17, 15) is 9.18 Å². The van der Waals surface area contributed by atoms with Gasteiger partial charge >= 0.3 is 0 Å². The Balaban J connectivity index is 2.29. The molecule has 3 nitrogen and oxygen atoms in total. The van der Waals surface area contributed by atoms with Crippen LogP contribution in [-0.2, 0) is 4.74 Å². The molecule has 1 heterocycles. The van der Waals surface area contributed by atoms with Crippen molar-refractivity contribution in [1.82, 2.24) is 4.90 Å². The first-order chi connectivity index (χ1) is 8.80. The summed E-state index contributed by atoms with van der Waals surface area (Å²) in [6, 6.07) is 4.54. The van der Waals surface area contributed by atoms with Crippen molar-refractivity contribution in [3.05, 3.63) is 34.1 Å². The van der Waals surface area contributed by atoms with Crippen molar-refractivity contribution >= 4 is 21.8 Å². The van der Waals surface area contributed by atoms with Crippen LogP contribution in [0.25, 0.3) is 0 Å².